The van der Waals surface area contributed by atoms with Gasteiger partial charge in [-0.25, -0.2) is 0 Å². The van der Waals surface area contributed by atoms with E-state index < -0.39 is 0 Å². The first kappa shape index (κ1) is 12.0. The monoisotopic (exact) mass is 208 g/mol. The number of nitrogens with one attached hydrogen (secondary N) is 1. The summed E-state index contributed by atoms with van der Waals surface area (Å²) in [4.78, 5) is 0. The summed E-state index contributed by atoms with van der Waals surface area (Å²) in [6, 6.07) is 8.04. The first-order chi connectivity index (χ1) is 7.33. The van der Waals surface area contributed by atoms with E-state index in [0.717, 1.165) is 38.2 Å². The molecule has 0 radical (unpaired) electrons. The Balaban J connectivity index is 2.10. The second-order valence-electron chi connectivity index (χ2n) is 3.59. The number of rotatable bonds is 7. The van der Waals surface area contributed by atoms with E-state index in [-0.39, 0.29) is 0 Å². The summed E-state index contributed by atoms with van der Waals surface area (Å²) < 4.78 is 4.97. The predicted octanol–water partition coefficient (Wildman–Crippen LogP) is 1.44. The highest BCUT2D eigenvalue weighted by Crippen LogP contribution is 2.06. The summed E-state index contributed by atoms with van der Waals surface area (Å²) in [6.45, 7) is 2.83. The van der Waals surface area contributed by atoms with Gasteiger partial charge in [-0.3, -0.25) is 0 Å². The van der Waals surface area contributed by atoms with Crippen LogP contribution in [0.4, 0.5) is 5.69 Å². The first-order valence-corrected chi connectivity index (χ1v) is 5.37. The van der Waals surface area contributed by atoms with Crippen molar-refractivity contribution in [3.8, 4) is 0 Å². The average molecular weight is 208 g/mol. The molecule has 3 N–H and O–H groups in total. The van der Waals surface area contributed by atoms with E-state index in [0.29, 0.717) is 0 Å². The lowest BCUT2D eigenvalue weighted by atomic mass is 10.1. The molecule has 0 amide bonds. The Morgan fingerprint density at radius 3 is 2.93 bits per heavy atom. The van der Waals surface area contributed by atoms with Crippen LogP contribution < -0.4 is 11.1 Å². The van der Waals surface area contributed by atoms with Gasteiger partial charge in [0.25, 0.3) is 0 Å². The fraction of sp³-hybridized carbons (Fsp3) is 0.500. The molecule has 15 heavy (non-hydrogen) atoms. The van der Waals surface area contributed by atoms with Crippen molar-refractivity contribution in [3.05, 3.63) is 29.8 Å². The van der Waals surface area contributed by atoms with E-state index in [9.17, 15) is 0 Å². The van der Waals surface area contributed by atoms with Crippen LogP contribution in [-0.2, 0) is 11.2 Å². The van der Waals surface area contributed by atoms with Gasteiger partial charge in [0.05, 0.1) is 0 Å². The minimum absolute atomic E-state index is 0.825. The summed E-state index contributed by atoms with van der Waals surface area (Å²) in [7, 11) is 1.73. The molecule has 1 aromatic carbocycles. The maximum Gasteiger partial charge on any atom is 0.0474 e. The summed E-state index contributed by atoms with van der Waals surface area (Å²) >= 11 is 0. The zero-order valence-electron chi connectivity index (χ0n) is 9.33. The molecule has 0 heterocycles. The number of ether oxygens (including phenoxy) is 1. The second-order valence-corrected chi connectivity index (χ2v) is 3.59. The van der Waals surface area contributed by atoms with Crippen LogP contribution in [0.2, 0.25) is 0 Å². The molecular weight excluding hydrogens is 188 g/mol. The Hall–Kier alpha value is -1.06. The van der Waals surface area contributed by atoms with Crippen molar-refractivity contribution in [1.29, 1.82) is 0 Å². The molecule has 0 bridgehead atoms. The number of anilines is 1. The van der Waals surface area contributed by atoms with Gasteiger partial charge in [0, 0.05) is 19.4 Å². The Morgan fingerprint density at radius 2 is 2.20 bits per heavy atom. The lowest BCUT2D eigenvalue weighted by Crippen LogP contribution is -2.19. The van der Waals surface area contributed by atoms with Gasteiger partial charge in [0.15, 0.2) is 0 Å². The highest BCUT2D eigenvalue weighted by atomic mass is 16.5. The van der Waals surface area contributed by atoms with Crippen LogP contribution in [0.5, 0.6) is 0 Å². The minimum atomic E-state index is 0.825. The maximum atomic E-state index is 5.69. The SMILES string of the molecule is COCCCNCCc1cccc(N)c1. The van der Waals surface area contributed by atoms with Crippen LogP contribution >= 0.6 is 0 Å². The smallest absolute Gasteiger partial charge is 0.0474 e. The van der Waals surface area contributed by atoms with E-state index in [4.69, 9.17) is 10.5 Å². The third-order valence-electron chi connectivity index (χ3n) is 2.24. The molecule has 0 aromatic heterocycles. The number of hydrogen-bond donors (Lipinski definition) is 2. The third kappa shape index (κ3) is 5.40. The van der Waals surface area contributed by atoms with Crippen LogP contribution in [0.25, 0.3) is 0 Å². The van der Waals surface area contributed by atoms with Gasteiger partial charge in [-0.15, -0.1) is 0 Å². The van der Waals surface area contributed by atoms with E-state index in [1.807, 2.05) is 18.2 Å². The molecule has 3 nitrogen and oxygen atoms in total. The lowest BCUT2D eigenvalue weighted by molar-refractivity contribution is 0.194. The first-order valence-electron chi connectivity index (χ1n) is 5.37. The molecule has 0 unspecified atom stereocenters. The van der Waals surface area contributed by atoms with Crippen molar-refractivity contribution in [2.75, 3.05) is 32.5 Å². The van der Waals surface area contributed by atoms with Crippen molar-refractivity contribution in [2.45, 2.75) is 12.8 Å². The van der Waals surface area contributed by atoms with Gasteiger partial charge < -0.3 is 15.8 Å². The van der Waals surface area contributed by atoms with Crippen LogP contribution in [0.3, 0.4) is 0 Å². The molecule has 84 valence electrons. The zero-order valence-corrected chi connectivity index (χ0v) is 9.33. The van der Waals surface area contributed by atoms with Crippen LogP contribution in [-0.4, -0.2) is 26.8 Å². The summed E-state index contributed by atoms with van der Waals surface area (Å²) in [5.74, 6) is 0. The third-order valence-corrected chi connectivity index (χ3v) is 2.24. The topological polar surface area (TPSA) is 47.3 Å². The van der Waals surface area contributed by atoms with E-state index in [1.54, 1.807) is 7.11 Å². The van der Waals surface area contributed by atoms with Crippen molar-refractivity contribution in [2.24, 2.45) is 0 Å². The largest absolute Gasteiger partial charge is 0.399 e. The van der Waals surface area contributed by atoms with E-state index >= 15 is 0 Å². The van der Waals surface area contributed by atoms with Crippen molar-refractivity contribution >= 4 is 5.69 Å². The molecule has 0 aliphatic heterocycles. The van der Waals surface area contributed by atoms with Gasteiger partial charge in [0.2, 0.25) is 0 Å². The number of nitrogen functional groups attached to an aromatic ring is 1. The number of methoxy groups -OCH3 is 1. The Bertz CT molecular complexity index is 276. The summed E-state index contributed by atoms with van der Waals surface area (Å²) in [5.41, 5.74) is 7.82. The van der Waals surface area contributed by atoms with Gasteiger partial charge in [-0.2, -0.15) is 0 Å². The van der Waals surface area contributed by atoms with Gasteiger partial charge in [-0.05, 0) is 43.6 Å². The Kier molecular flexibility index (Phi) is 5.81. The van der Waals surface area contributed by atoms with Gasteiger partial charge >= 0.3 is 0 Å². The zero-order chi connectivity index (χ0) is 10.9. The Labute approximate surface area is 91.6 Å². The summed E-state index contributed by atoms with van der Waals surface area (Å²) in [5, 5.41) is 3.37. The van der Waals surface area contributed by atoms with Crippen molar-refractivity contribution in [3.63, 3.8) is 0 Å². The molecule has 0 atom stereocenters. The molecule has 0 saturated heterocycles. The second kappa shape index (κ2) is 7.26. The number of benzene rings is 1. The normalized spacial score (nSPS) is 10.5. The standard InChI is InChI=1S/C12H20N2O/c1-15-9-3-7-14-8-6-11-4-2-5-12(13)10-11/h2,4-5,10,14H,3,6-9,13H2,1H3. The van der Waals surface area contributed by atoms with Gasteiger partial charge in [0.1, 0.15) is 0 Å². The van der Waals surface area contributed by atoms with E-state index in [1.165, 1.54) is 5.56 Å². The predicted molar refractivity (Wildman–Crippen MR) is 63.9 cm³/mol. The maximum absolute atomic E-state index is 5.69. The Morgan fingerprint density at radius 1 is 1.33 bits per heavy atom. The van der Waals surface area contributed by atoms with Crippen LogP contribution in [0, 0.1) is 0 Å². The quantitative estimate of drug-likeness (QED) is 0.526. The van der Waals surface area contributed by atoms with Gasteiger partial charge in [-0.1, -0.05) is 12.1 Å². The van der Waals surface area contributed by atoms with Crippen LogP contribution in [0.1, 0.15) is 12.0 Å². The molecule has 0 saturated carbocycles. The van der Waals surface area contributed by atoms with E-state index in [2.05, 4.69) is 11.4 Å². The minimum Gasteiger partial charge on any atom is -0.399 e. The van der Waals surface area contributed by atoms with Crippen LogP contribution in [0.15, 0.2) is 24.3 Å². The fourth-order valence-corrected chi connectivity index (χ4v) is 1.45. The molecule has 0 fully saturated rings. The highest BCUT2D eigenvalue weighted by Gasteiger charge is 1.93. The molecule has 1 rings (SSSR count). The van der Waals surface area contributed by atoms with Crippen molar-refractivity contribution in [1.82, 2.24) is 5.32 Å². The lowest BCUT2D eigenvalue weighted by Gasteiger charge is -2.05. The molecule has 0 aliphatic rings. The number of nitrogens with two attached hydrogens (primary N) is 1. The fourth-order valence-electron chi connectivity index (χ4n) is 1.45. The molecule has 1 aromatic rings. The summed E-state index contributed by atoms with van der Waals surface area (Å²) in [6.07, 6.45) is 2.09. The molecule has 0 spiro atoms. The van der Waals surface area contributed by atoms with Crippen molar-refractivity contribution < 1.29 is 4.74 Å². The highest BCUT2D eigenvalue weighted by molar-refractivity contribution is 5.40. The number of hydrogen-bond acceptors (Lipinski definition) is 3. The molecular formula is C12H20N2O. The average Bonchev–Trinajstić information content (AvgIpc) is 2.23. The molecule has 0 aliphatic carbocycles. The molecule has 3 heteroatoms.